The molecule has 5 heteroatoms. The first-order chi connectivity index (χ1) is 7.68. The molecule has 0 spiro atoms. The standard InChI is InChI=1S/C11H21NO4/c1-4-14-11(15-5-2,16-6-3)9-7-8-10(13)12-9/h9H,4-8H2,1-3H3,(H,12,13). The minimum absolute atomic E-state index is 0.0217. The summed E-state index contributed by atoms with van der Waals surface area (Å²) in [6.45, 7) is 7.07. The molecule has 1 atom stereocenters. The van der Waals surface area contributed by atoms with E-state index in [4.69, 9.17) is 14.2 Å². The van der Waals surface area contributed by atoms with Crippen LogP contribution >= 0.6 is 0 Å². The Balaban J connectivity index is 2.76. The molecule has 1 rings (SSSR count). The molecule has 1 saturated heterocycles. The van der Waals surface area contributed by atoms with Crippen molar-refractivity contribution in [3.8, 4) is 0 Å². The van der Waals surface area contributed by atoms with Crippen molar-refractivity contribution in [1.29, 1.82) is 0 Å². The van der Waals surface area contributed by atoms with E-state index in [9.17, 15) is 4.79 Å². The third-order valence-electron chi connectivity index (χ3n) is 2.46. The van der Waals surface area contributed by atoms with Gasteiger partial charge in [-0.3, -0.25) is 4.79 Å². The summed E-state index contributed by atoms with van der Waals surface area (Å²) in [5.41, 5.74) is 0. The molecule has 0 aromatic carbocycles. The highest BCUT2D eigenvalue weighted by atomic mass is 16.9. The average molecular weight is 231 g/mol. The first-order valence-electron chi connectivity index (χ1n) is 5.89. The summed E-state index contributed by atoms with van der Waals surface area (Å²) in [5.74, 6) is -1.10. The molecular weight excluding hydrogens is 210 g/mol. The van der Waals surface area contributed by atoms with E-state index in [1.165, 1.54) is 0 Å². The van der Waals surface area contributed by atoms with Gasteiger partial charge in [0.1, 0.15) is 6.04 Å². The Kier molecular flexibility index (Phi) is 5.18. The summed E-state index contributed by atoms with van der Waals surface area (Å²) in [6, 6.07) is -0.222. The maximum atomic E-state index is 11.2. The van der Waals surface area contributed by atoms with Gasteiger partial charge < -0.3 is 19.5 Å². The number of hydrogen-bond acceptors (Lipinski definition) is 4. The van der Waals surface area contributed by atoms with Crippen molar-refractivity contribution < 1.29 is 19.0 Å². The Labute approximate surface area is 96.4 Å². The highest BCUT2D eigenvalue weighted by Gasteiger charge is 2.45. The van der Waals surface area contributed by atoms with E-state index in [2.05, 4.69) is 5.32 Å². The molecule has 0 aromatic heterocycles. The van der Waals surface area contributed by atoms with Crippen LogP contribution in [0, 0.1) is 0 Å². The predicted octanol–water partition coefficient (Wildman–Crippen LogP) is 1.03. The molecule has 1 heterocycles. The van der Waals surface area contributed by atoms with Gasteiger partial charge in [0, 0.05) is 26.2 Å². The van der Waals surface area contributed by atoms with Crippen LogP contribution in [-0.2, 0) is 19.0 Å². The number of rotatable bonds is 7. The van der Waals surface area contributed by atoms with E-state index < -0.39 is 5.97 Å². The lowest BCUT2D eigenvalue weighted by molar-refractivity contribution is -0.387. The second kappa shape index (κ2) is 6.18. The molecule has 1 amide bonds. The number of nitrogens with one attached hydrogen (secondary N) is 1. The molecule has 0 saturated carbocycles. The van der Waals surface area contributed by atoms with Crippen LogP contribution in [0.2, 0.25) is 0 Å². The quantitative estimate of drug-likeness (QED) is 0.665. The predicted molar refractivity (Wildman–Crippen MR) is 58.8 cm³/mol. The number of carbonyl (C=O) groups excluding carboxylic acids is 1. The summed E-state index contributed by atoms with van der Waals surface area (Å²) in [4.78, 5) is 11.2. The highest BCUT2D eigenvalue weighted by Crippen LogP contribution is 2.26. The number of ether oxygens (including phenoxy) is 3. The summed E-state index contributed by atoms with van der Waals surface area (Å²) in [7, 11) is 0. The van der Waals surface area contributed by atoms with Crippen molar-refractivity contribution in [3.05, 3.63) is 0 Å². The molecule has 0 aliphatic carbocycles. The second-order valence-corrected chi connectivity index (χ2v) is 3.56. The molecule has 0 bridgehead atoms. The van der Waals surface area contributed by atoms with Gasteiger partial charge in [0.05, 0.1) is 0 Å². The van der Waals surface area contributed by atoms with Gasteiger partial charge in [0.15, 0.2) is 0 Å². The van der Waals surface area contributed by atoms with E-state index >= 15 is 0 Å². The van der Waals surface area contributed by atoms with E-state index in [0.29, 0.717) is 32.7 Å². The molecule has 1 aliphatic heterocycles. The van der Waals surface area contributed by atoms with E-state index in [-0.39, 0.29) is 11.9 Å². The van der Waals surface area contributed by atoms with Crippen molar-refractivity contribution in [1.82, 2.24) is 5.32 Å². The fourth-order valence-corrected chi connectivity index (χ4v) is 1.91. The lowest BCUT2D eigenvalue weighted by Crippen LogP contribution is -2.54. The zero-order chi connectivity index (χ0) is 12.0. The van der Waals surface area contributed by atoms with Gasteiger partial charge in [-0.25, -0.2) is 0 Å². The zero-order valence-corrected chi connectivity index (χ0v) is 10.2. The first-order valence-corrected chi connectivity index (χ1v) is 5.89. The van der Waals surface area contributed by atoms with Gasteiger partial charge in [0.2, 0.25) is 5.91 Å². The Morgan fingerprint density at radius 1 is 1.19 bits per heavy atom. The van der Waals surface area contributed by atoms with Crippen molar-refractivity contribution in [2.75, 3.05) is 19.8 Å². The van der Waals surface area contributed by atoms with Gasteiger partial charge in [-0.15, -0.1) is 0 Å². The van der Waals surface area contributed by atoms with E-state index in [1.54, 1.807) is 0 Å². The Morgan fingerprint density at radius 3 is 2.00 bits per heavy atom. The summed E-state index contributed by atoms with van der Waals surface area (Å²) >= 11 is 0. The van der Waals surface area contributed by atoms with Crippen LogP contribution in [0.3, 0.4) is 0 Å². The van der Waals surface area contributed by atoms with Crippen LogP contribution in [0.1, 0.15) is 33.6 Å². The number of amides is 1. The first kappa shape index (κ1) is 13.4. The fraction of sp³-hybridized carbons (Fsp3) is 0.909. The van der Waals surface area contributed by atoms with Gasteiger partial charge in [0.25, 0.3) is 0 Å². The Morgan fingerprint density at radius 2 is 1.69 bits per heavy atom. The molecule has 1 fully saturated rings. The van der Waals surface area contributed by atoms with Crippen molar-refractivity contribution >= 4 is 5.91 Å². The van der Waals surface area contributed by atoms with Crippen molar-refractivity contribution in [2.24, 2.45) is 0 Å². The second-order valence-electron chi connectivity index (χ2n) is 3.56. The van der Waals surface area contributed by atoms with Gasteiger partial charge in [-0.1, -0.05) is 0 Å². The summed E-state index contributed by atoms with van der Waals surface area (Å²) in [5, 5.41) is 2.84. The van der Waals surface area contributed by atoms with Crippen LogP contribution in [-0.4, -0.2) is 37.7 Å². The van der Waals surface area contributed by atoms with Crippen LogP contribution < -0.4 is 5.32 Å². The molecule has 5 nitrogen and oxygen atoms in total. The average Bonchev–Trinajstić information content (AvgIpc) is 2.66. The Bertz CT molecular complexity index is 215. The Hall–Kier alpha value is -0.650. The topological polar surface area (TPSA) is 56.8 Å². The van der Waals surface area contributed by atoms with Gasteiger partial charge >= 0.3 is 5.97 Å². The molecule has 1 aliphatic rings. The van der Waals surface area contributed by atoms with E-state index in [0.717, 1.165) is 0 Å². The smallest absolute Gasteiger partial charge is 0.304 e. The molecule has 1 unspecified atom stereocenters. The van der Waals surface area contributed by atoms with Crippen LogP contribution in [0.25, 0.3) is 0 Å². The van der Waals surface area contributed by atoms with Crippen LogP contribution in [0.5, 0.6) is 0 Å². The zero-order valence-electron chi connectivity index (χ0n) is 10.2. The van der Waals surface area contributed by atoms with Crippen molar-refractivity contribution in [2.45, 2.75) is 45.6 Å². The molecule has 94 valence electrons. The largest absolute Gasteiger partial charge is 0.345 e. The fourth-order valence-electron chi connectivity index (χ4n) is 1.91. The van der Waals surface area contributed by atoms with Gasteiger partial charge in [-0.05, 0) is 27.2 Å². The molecule has 0 aromatic rings. The monoisotopic (exact) mass is 231 g/mol. The highest BCUT2D eigenvalue weighted by molar-refractivity contribution is 5.78. The maximum absolute atomic E-state index is 11.2. The SMILES string of the molecule is CCOC(OCC)(OCC)C1CCC(=O)N1. The van der Waals surface area contributed by atoms with E-state index in [1.807, 2.05) is 20.8 Å². The van der Waals surface area contributed by atoms with Crippen molar-refractivity contribution in [3.63, 3.8) is 0 Å². The van der Waals surface area contributed by atoms with Crippen LogP contribution in [0.15, 0.2) is 0 Å². The summed E-state index contributed by atoms with van der Waals surface area (Å²) < 4.78 is 16.8. The minimum Gasteiger partial charge on any atom is -0.345 e. The molecule has 16 heavy (non-hydrogen) atoms. The maximum Gasteiger partial charge on any atom is 0.304 e. The summed E-state index contributed by atoms with van der Waals surface area (Å²) in [6.07, 6.45) is 1.18. The lowest BCUT2D eigenvalue weighted by atomic mass is 10.2. The normalized spacial score (nSPS) is 21.2. The third kappa shape index (κ3) is 2.93. The number of carbonyl (C=O) groups is 1. The molecule has 1 N–H and O–H groups in total. The lowest BCUT2D eigenvalue weighted by Gasteiger charge is -2.36. The molecule has 0 radical (unpaired) electrons. The van der Waals surface area contributed by atoms with Crippen LogP contribution in [0.4, 0.5) is 0 Å². The number of hydrogen-bond donors (Lipinski definition) is 1. The third-order valence-corrected chi connectivity index (χ3v) is 2.46. The minimum atomic E-state index is -1.12. The van der Waals surface area contributed by atoms with Gasteiger partial charge in [-0.2, -0.15) is 0 Å². The molecular formula is C11H21NO4.